The Morgan fingerprint density at radius 3 is 1.67 bits per heavy atom. The van der Waals surface area contributed by atoms with Crippen LogP contribution in [-0.2, 0) is 0 Å². The summed E-state index contributed by atoms with van der Waals surface area (Å²) < 4.78 is 0. The fraction of sp³-hybridized carbons (Fsp3) is 0. The zero-order valence-corrected chi connectivity index (χ0v) is 14.9. The van der Waals surface area contributed by atoms with Gasteiger partial charge in [-0.15, -0.1) is 0 Å². The largest absolute Gasteiger partial charge is 2.00 e. The van der Waals surface area contributed by atoms with Gasteiger partial charge in [0.05, 0.1) is 11.9 Å². The van der Waals surface area contributed by atoms with E-state index in [0.717, 1.165) is 0 Å². The van der Waals surface area contributed by atoms with Gasteiger partial charge < -0.3 is 19.8 Å². The third-order valence-electron chi connectivity index (χ3n) is 2.14. The Labute approximate surface area is 148 Å². The van der Waals surface area contributed by atoms with Crippen LogP contribution in [0, 0.1) is 0 Å². The molecule has 0 unspecified atom stereocenters. The summed E-state index contributed by atoms with van der Waals surface area (Å²) in [5, 5.41) is 21.3. The van der Waals surface area contributed by atoms with Gasteiger partial charge in [-0.3, -0.25) is 0 Å². The summed E-state index contributed by atoms with van der Waals surface area (Å²) in [7, 11) is 0. The number of carboxylic acid groups (broad SMARTS) is 2. The Bertz CT molecular complexity index is 615. The number of carboxylic acids is 2. The van der Waals surface area contributed by atoms with Gasteiger partial charge >= 0.3 is 23.9 Å². The van der Waals surface area contributed by atoms with Gasteiger partial charge in [-0.25, -0.2) is 0 Å². The van der Waals surface area contributed by atoms with Crippen molar-refractivity contribution in [2.45, 2.75) is 0 Å². The number of rotatable bonds is 2. The van der Waals surface area contributed by atoms with Gasteiger partial charge in [0, 0.05) is 10.0 Å². The van der Waals surface area contributed by atoms with Crippen molar-refractivity contribution in [1.82, 2.24) is 0 Å². The molecule has 21 heavy (non-hydrogen) atoms. The van der Waals surface area contributed by atoms with Crippen LogP contribution in [0.5, 0.6) is 0 Å². The molecule has 0 aromatic heterocycles. The Hall–Kier alpha value is -1.24. The molecule has 2 radical (unpaired) electrons. The molecule has 0 atom stereocenters. The zero-order valence-electron chi connectivity index (χ0n) is 10.5. The summed E-state index contributed by atoms with van der Waals surface area (Å²) >= 11 is 11.0. The molecule has 0 aliphatic rings. The van der Waals surface area contributed by atoms with Crippen LogP contribution in [0.4, 0.5) is 0 Å². The van der Waals surface area contributed by atoms with Gasteiger partial charge in [0.1, 0.15) is 0 Å². The average molecular weight is 430 g/mol. The molecule has 2 aromatic rings. The van der Waals surface area contributed by atoms with E-state index < -0.39 is 11.9 Å². The minimum Gasteiger partial charge on any atom is -0.545 e. The van der Waals surface area contributed by atoms with Gasteiger partial charge in [0.15, 0.2) is 0 Å². The number of aromatic carboxylic acids is 2. The van der Waals surface area contributed by atoms with Crippen molar-refractivity contribution in [3.05, 3.63) is 69.7 Å². The molecule has 4 nitrogen and oxygen atoms in total. The molecule has 0 aliphatic heterocycles. The van der Waals surface area contributed by atoms with Crippen LogP contribution in [-0.4, -0.2) is 35.8 Å². The van der Waals surface area contributed by atoms with Crippen LogP contribution in [0.1, 0.15) is 20.7 Å². The monoisotopic (exact) mass is 430 g/mol. The fourth-order valence-electron chi connectivity index (χ4n) is 1.20. The maximum atomic E-state index is 10.2. The molecular formula is C14H8Cl2O4Sn. The van der Waals surface area contributed by atoms with E-state index in [9.17, 15) is 19.8 Å². The molecular weight excluding hydrogens is 422 g/mol. The molecule has 0 bridgehead atoms. The first kappa shape index (κ1) is 19.8. The maximum absolute atomic E-state index is 10.2. The van der Waals surface area contributed by atoms with E-state index in [-0.39, 0.29) is 35.0 Å². The summed E-state index contributed by atoms with van der Waals surface area (Å²) in [6.07, 6.45) is 0. The first-order chi connectivity index (χ1) is 9.40. The van der Waals surface area contributed by atoms with E-state index in [4.69, 9.17) is 23.2 Å². The van der Waals surface area contributed by atoms with E-state index in [0.29, 0.717) is 10.0 Å². The van der Waals surface area contributed by atoms with Gasteiger partial charge in [-0.2, -0.15) is 0 Å². The molecule has 0 amide bonds. The first-order valence-electron chi connectivity index (χ1n) is 5.34. The van der Waals surface area contributed by atoms with E-state index in [1.54, 1.807) is 12.1 Å². The fourth-order valence-corrected chi connectivity index (χ4v) is 1.52. The van der Waals surface area contributed by atoms with Crippen molar-refractivity contribution >= 4 is 59.0 Å². The molecule has 7 heteroatoms. The maximum Gasteiger partial charge on any atom is 2.00 e. The van der Waals surface area contributed by atoms with Gasteiger partial charge in [-0.05, 0) is 35.4 Å². The average Bonchev–Trinajstić information content (AvgIpc) is 2.40. The van der Waals surface area contributed by atoms with Crippen molar-refractivity contribution in [2.24, 2.45) is 0 Å². The SMILES string of the molecule is O=C([O-])c1ccc(Cl)cc1.O=C([O-])c1cccc(Cl)c1.[Sn+2]. The molecule has 0 heterocycles. The van der Waals surface area contributed by atoms with Gasteiger partial charge in [0.2, 0.25) is 0 Å². The van der Waals surface area contributed by atoms with E-state index >= 15 is 0 Å². The second kappa shape index (κ2) is 9.65. The van der Waals surface area contributed by atoms with Crippen LogP contribution < -0.4 is 10.2 Å². The molecule has 0 N–H and O–H groups in total. The number of hydrogen-bond donors (Lipinski definition) is 0. The number of carbonyl (C=O) groups is 2. The summed E-state index contributed by atoms with van der Waals surface area (Å²) in [5.41, 5.74) is 0.247. The van der Waals surface area contributed by atoms with Crippen LogP contribution in [0.3, 0.4) is 0 Å². The second-order valence-electron chi connectivity index (χ2n) is 3.59. The Balaban J connectivity index is 0.000000364. The quantitative estimate of drug-likeness (QED) is 0.668. The minimum absolute atomic E-state index is 0. The Morgan fingerprint density at radius 2 is 1.29 bits per heavy atom. The molecule has 0 fully saturated rings. The summed E-state index contributed by atoms with van der Waals surface area (Å²) in [6, 6.07) is 11.8. The molecule has 0 aliphatic carbocycles. The van der Waals surface area contributed by atoms with Crippen LogP contribution in [0.15, 0.2) is 48.5 Å². The molecule has 0 spiro atoms. The predicted octanol–water partition coefficient (Wildman–Crippen LogP) is 1.03. The third kappa shape index (κ3) is 7.36. The van der Waals surface area contributed by atoms with Gasteiger partial charge in [0.25, 0.3) is 0 Å². The van der Waals surface area contributed by atoms with Crippen LogP contribution in [0.2, 0.25) is 10.0 Å². The Kier molecular flexibility index (Phi) is 9.08. The van der Waals surface area contributed by atoms with E-state index in [2.05, 4.69) is 0 Å². The summed E-state index contributed by atoms with van der Waals surface area (Å²) in [4.78, 5) is 20.3. The number of carbonyl (C=O) groups excluding carboxylic acids is 2. The smallest absolute Gasteiger partial charge is 0.545 e. The number of halogens is 2. The molecule has 0 saturated carbocycles. The normalized spacial score (nSPS) is 8.86. The minimum atomic E-state index is -1.21. The summed E-state index contributed by atoms with van der Waals surface area (Å²) in [6.45, 7) is 0. The van der Waals surface area contributed by atoms with Crippen molar-refractivity contribution in [1.29, 1.82) is 0 Å². The van der Waals surface area contributed by atoms with Crippen LogP contribution in [0.25, 0.3) is 0 Å². The van der Waals surface area contributed by atoms with Crippen molar-refractivity contribution in [3.63, 3.8) is 0 Å². The second-order valence-corrected chi connectivity index (χ2v) is 4.47. The standard InChI is InChI=1S/2C7H5ClO2.Sn/c8-6-3-1-5(2-4-6)7(9)10;8-6-3-1-2-5(4-6)7(9)10;/h2*1-4H,(H,9,10);/q;;+2/p-2. The first-order valence-corrected chi connectivity index (χ1v) is 6.09. The van der Waals surface area contributed by atoms with Gasteiger partial charge in [-0.1, -0.05) is 47.5 Å². The third-order valence-corrected chi connectivity index (χ3v) is 2.63. The summed E-state index contributed by atoms with van der Waals surface area (Å²) in [5.74, 6) is -2.39. The molecule has 2 aromatic carbocycles. The number of benzene rings is 2. The molecule has 0 saturated heterocycles. The van der Waals surface area contributed by atoms with E-state index in [1.807, 2.05) is 0 Å². The number of hydrogen-bond acceptors (Lipinski definition) is 4. The molecule has 2 rings (SSSR count). The van der Waals surface area contributed by atoms with Crippen molar-refractivity contribution in [3.8, 4) is 0 Å². The topological polar surface area (TPSA) is 80.3 Å². The van der Waals surface area contributed by atoms with Crippen molar-refractivity contribution in [2.75, 3.05) is 0 Å². The van der Waals surface area contributed by atoms with Crippen LogP contribution >= 0.6 is 23.2 Å². The van der Waals surface area contributed by atoms with E-state index in [1.165, 1.54) is 36.4 Å². The predicted molar refractivity (Wildman–Crippen MR) is 77.3 cm³/mol. The van der Waals surface area contributed by atoms with Crippen molar-refractivity contribution < 1.29 is 19.8 Å². The molecule has 106 valence electrons. The zero-order chi connectivity index (χ0) is 15.1. The Morgan fingerprint density at radius 1 is 0.762 bits per heavy atom.